The van der Waals surface area contributed by atoms with Crippen LogP contribution in [-0.4, -0.2) is 42.0 Å². The number of nitrogens with one attached hydrogen (secondary N) is 1. The smallest absolute Gasteiger partial charge is 0.495 e. The van der Waals surface area contributed by atoms with Crippen molar-refractivity contribution in [3.8, 4) is 11.5 Å². The number of halogens is 4. The molecule has 0 aliphatic carbocycles. The van der Waals surface area contributed by atoms with Crippen LogP contribution in [0.25, 0.3) is 0 Å². The third-order valence-electron chi connectivity index (χ3n) is 4.93. The van der Waals surface area contributed by atoms with Crippen LogP contribution in [0.4, 0.5) is 24.9 Å². The van der Waals surface area contributed by atoms with Crippen molar-refractivity contribution in [1.29, 1.82) is 0 Å². The number of benzene rings is 2. The minimum Gasteiger partial charge on any atom is -0.495 e. The number of ether oxygens (including phenoxy) is 2. The lowest BCUT2D eigenvalue weighted by atomic mass is 10.1. The highest BCUT2D eigenvalue weighted by Gasteiger charge is 2.35. The molecular weight excluding hydrogens is 481 g/mol. The van der Waals surface area contributed by atoms with Crippen molar-refractivity contribution in [2.75, 3.05) is 23.9 Å². The molecule has 3 aromatic rings. The van der Waals surface area contributed by atoms with Gasteiger partial charge in [0.2, 0.25) is 11.8 Å². The third kappa shape index (κ3) is 5.22. The van der Waals surface area contributed by atoms with E-state index >= 15 is 0 Å². The first kappa shape index (κ1) is 23.4. The summed E-state index contributed by atoms with van der Waals surface area (Å²) in [5, 5.41) is 10.4. The summed E-state index contributed by atoms with van der Waals surface area (Å²) < 4.78 is 51.4. The van der Waals surface area contributed by atoms with Crippen LogP contribution in [0.1, 0.15) is 28.6 Å². The van der Waals surface area contributed by atoms with E-state index in [1.54, 1.807) is 0 Å². The van der Waals surface area contributed by atoms with E-state index in [0.29, 0.717) is 11.4 Å². The van der Waals surface area contributed by atoms with Crippen LogP contribution in [0.2, 0.25) is 5.02 Å². The van der Waals surface area contributed by atoms with Gasteiger partial charge >= 0.3 is 12.4 Å². The molecule has 34 heavy (non-hydrogen) atoms. The van der Waals surface area contributed by atoms with Gasteiger partial charge in [-0.15, -0.1) is 18.3 Å². The van der Waals surface area contributed by atoms with Crippen LogP contribution in [-0.2, 0) is 4.79 Å². The molecule has 1 aromatic heterocycles. The molecule has 1 N–H and O–H groups in total. The average Bonchev–Trinajstić information content (AvgIpc) is 3.39. The van der Waals surface area contributed by atoms with E-state index in [-0.39, 0.29) is 41.4 Å². The average molecular weight is 497 g/mol. The van der Waals surface area contributed by atoms with Crippen LogP contribution in [0.3, 0.4) is 0 Å². The van der Waals surface area contributed by atoms with Crippen molar-refractivity contribution >= 4 is 35.1 Å². The molecule has 2 heterocycles. The van der Waals surface area contributed by atoms with Gasteiger partial charge in [-0.3, -0.25) is 14.9 Å². The van der Waals surface area contributed by atoms with Gasteiger partial charge in [-0.05, 0) is 42.5 Å². The molecule has 2 aromatic carbocycles. The van der Waals surface area contributed by atoms with Gasteiger partial charge in [-0.25, -0.2) is 0 Å². The number of methoxy groups -OCH3 is 1. The number of anilines is 2. The number of nitrogens with zero attached hydrogens (tertiary/aromatic N) is 3. The van der Waals surface area contributed by atoms with Gasteiger partial charge in [-0.1, -0.05) is 16.7 Å². The number of rotatable bonds is 6. The van der Waals surface area contributed by atoms with E-state index in [9.17, 15) is 22.8 Å². The van der Waals surface area contributed by atoms with E-state index in [2.05, 4.69) is 20.3 Å². The Kier molecular flexibility index (Phi) is 6.33. The zero-order valence-corrected chi connectivity index (χ0v) is 18.2. The lowest BCUT2D eigenvalue weighted by molar-refractivity contribution is -0.274. The zero-order chi connectivity index (χ0) is 24.5. The molecule has 0 radical (unpaired) electrons. The number of amides is 2. The predicted molar refractivity (Wildman–Crippen MR) is 113 cm³/mol. The van der Waals surface area contributed by atoms with Crippen LogP contribution >= 0.6 is 11.6 Å². The molecule has 178 valence electrons. The van der Waals surface area contributed by atoms with Gasteiger partial charge in [0.15, 0.2) is 0 Å². The van der Waals surface area contributed by atoms with Crippen molar-refractivity contribution in [3.63, 3.8) is 0 Å². The first-order chi connectivity index (χ1) is 16.1. The second kappa shape index (κ2) is 9.21. The van der Waals surface area contributed by atoms with Crippen LogP contribution in [0, 0.1) is 0 Å². The van der Waals surface area contributed by atoms with Crippen molar-refractivity contribution in [1.82, 2.24) is 10.2 Å². The minimum atomic E-state index is -4.80. The third-order valence-corrected chi connectivity index (χ3v) is 5.23. The van der Waals surface area contributed by atoms with E-state index in [1.807, 2.05) is 0 Å². The normalized spacial score (nSPS) is 16.0. The highest BCUT2D eigenvalue weighted by Crippen LogP contribution is 2.33. The molecule has 1 saturated heterocycles. The molecule has 0 unspecified atom stereocenters. The standard InChI is InChI=1S/C21H16ClF3N4O5/c1-32-16-7-2-11(8-15(16)22)18(31)26-20-28-27-19(33-20)12-9-17(30)29(10-12)13-3-5-14(6-4-13)34-21(23,24)25/h2-8,12H,9-10H2,1H3,(H,26,28,31)/t12-/m1/s1. The summed E-state index contributed by atoms with van der Waals surface area (Å²) in [6.45, 7) is 0.169. The van der Waals surface area contributed by atoms with Gasteiger partial charge in [0.1, 0.15) is 11.5 Å². The Bertz CT molecular complexity index is 1220. The summed E-state index contributed by atoms with van der Waals surface area (Å²) in [6, 6.07) is 9.25. The zero-order valence-electron chi connectivity index (χ0n) is 17.4. The molecular formula is C21H16ClF3N4O5. The van der Waals surface area contributed by atoms with Crippen LogP contribution < -0.4 is 19.7 Å². The van der Waals surface area contributed by atoms with E-state index in [4.69, 9.17) is 20.8 Å². The van der Waals surface area contributed by atoms with E-state index < -0.39 is 23.9 Å². The molecule has 2 amide bonds. The molecule has 1 aliphatic heterocycles. The Hall–Kier alpha value is -3.80. The Morgan fingerprint density at radius 2 is 1.94 bits per heavy atom. The molecule has 13 heteroatoms. The van der Waals surface area contributed by atoms with Crippen molar-refractivity contribution < 1.29 is 36.7 Å². The van der Waals surface area contributed by atoms with Crippen molar-refractivity contribution in [3.05, 3.63) is 58.9 Å². The highest BCUT2D eigenvalue weighted by molar-refractivity contribution is 6.32. The van der Waals surface area contributed by atoms with Gasteiger partial charge in [0.25, 0.3) is 5.91 Å². The number of alkyl halides is 3. The summed E-state index contributed by atoms with van der Waals surface area (Å²) >= 11 is 6.03. The fourth-order valence-electron chi connectivity index (χ4n) is 3.38. The summed E-state index contributed by atoms with van der Waals surface area (Å²) in [5.41, 5.74) is 0.636. The molecule has 1 atom stereocenters. The number of aromatic nitrogens is 2. The summed E-state index contributed by atoms with van der Waals surface area (Å²) in [7, 11) is 1.45. The Morgan fingerprint density at radius 3 is 2.59 bits per heavy atom. The number of hydrogen-bond donors (Lipinski definition) is 1. The molecule has 0 saturated carbocycles. The second-order valence-corrected chi connectivity index (χ2v) is 7.60. The van der Waals surface area contributed by atoms with E-state index in [0.717, 1.165) is 12.1 Å². The predicted octanol–water partition coefficient (Wildman–Crippen LogP) is 4.40. The highest BCUT2D eigenvalue weighted by atomic mass is 35.5. The van der Waals surface area contributed by atoms with E-state index in [1.165, 1.54) is 42.3 Å². The molecule has 0 bridgehead atoms. The summed E-state index contributed by atoms with van der Waals surface area (Å²) in [4.78, 5) is 26.3. The fourth-order valence-corrected chi connectivity index (χ4v) is 3.63. The first-order valence-electron chi connectivity index (χ1n) is 9.77. The monoisotopic (exact) mass is 496 g/mol. The van der Waals surface area contributed by atoms with Gasteiger partial charge in [0.05, 0.1) is 18.1 Å². The largest absolute Gasteiger partial charge is 0.573 e. The van der Waals surface area contributed by atoms with Crippen LogP contribution in [0.5, 0.6) is 11.5 Å². The second-order valence-electron chi connectivity index (χ2n) is 7.20. The molecule has 0 spiro atoms. The topological polar surface area (TPSA) is 107 Å². The van der Waals surface area contributed by atoms with Gasteiger partial charge in [0, 0.05) is 24.2 Å². The Labute approximate surface area is 195 Å². The van der Waals surface area contributed by atoms with Gasteiger partial charge < -0.3 is 18.8 Å². The lowest BCUT2D eigenvalue weighted by Crippen LogP contribution is -2.24. The minimum absolute atomic E-state index is 0.0461. The summed E-state index contributed by atoms with van der Waals surface area (Å²) in [6.07, 6.45) is -4.76. The summed E-state index contributed by atoms with van der Waals surface area (Å²) in [5.74, 6) is -1.12. The Morgan fingerprint density at radius 1 is 1.21 bits per heavy atom. The molecule has 1 fully saturated rings. The fraction of sp³-hybridized carbons (Fsp3) is 0.238. The number of carbonyl (C=O) groups is 2. The van der Waals surface area contributed by atoms with Crippen molar-refractivity contribution in [2.24, 2.45) is 0 Å². The maximum Gasteiger partial charge on any atom is 0.573 e. The SMILES string of the molecule is COc1ccc(C(=O)Nc2nnc([C@@H]3CC(=O)N(c4ccc(OC(F)(F)F)cc4)C3)o2)cc1Cl. The lowest BCUT2D eigenvalue weighted by Gasteiger charge is -2.17. The van der Waals surface area contributed by atoms with Crippen molar-refractivity contribution in [2.45, 2.75) is 18.7 Å². The number of carbonyl (C=O) groups excluding carboxylic acids is 2. The quantitative estimate of drug-likeness (QED) is 0.539. The molecule has 1 aliphatic rings. The van der Waals surface area contributed by atoms with Crippen LogP contribution in [0.15, 0.2) is 46.9 Å². The molecule has 9 nitrogen and oxygen atoms in total. The maximum absolute atomic E-state index is 12.5. The molecule has 4 rings (SSSR count). The van der Waals surface area contributed by atoms with Gasteiger partial charge in [-0.2, -0.15) is 0 Å². The first-order valence-corrected chi connectivity index (χ1v) is 10.1. The maximum atomic E-state index is 12.5. The number of hydrogen-bond acceptors (Lipinski definition) is 7. The Balaban J connectivity index is 1.40.